The minimum absolute atomic E-state index is 0.0225. The molecule has 2 aliphatic heterocycles. The van der Waals surface area contributed by atoms with E-state index >= 15 is 0 Å². The molecule has 1 amide bonds. The highest BCUT2D eigenvalue weighted by Gasteiger charge is 2.54. The van der Waals surface area contributed by atoms with E-state index < -0.39 is 11.6 Å². The molecule has 3 aliphatic rings. The van der Waals surface area contributed by atoms with E-state index in [1.807, 2.05) is 42.5 Å². The molecular formula is C38H29NO7. The third-order valence-electron chi connectivity index (χ3n) is 9.29. The highest BCUT2D eigenvalue weighted by atomic mass is 16.6. The Balaban J connectivity index is 1.16. The highest BCUT2D eigenvalue weighted by molar-refractivity contribution is 6.01. The normalized spacial score (nSPS) is 18.8. The van der Waals surface area contributed by atoms with Crippen molar-refractivity contribution in [2.45, 2.75) is 24.0 Å². The van der Waals surface area contributed by atoms with Gasteiger partial charge in [0.1, 0.15) is 28.7 Å². The molecule has 0 radical (unpaired) electrons. The highest BCUT2D eigenvalue weighted by Crippen LogP contribution is 2.57. The standard InChI is InChI=1S/C38H29NO7/c1-44-26-12-7-22(8-13-26)35(28-20-27(28)21-5-3-2-4-6-21)39-36(42)23-9-14-30-29(17-23)37(43)46-38(30)31-15-10-24(40)18-33(31)45-34-19-25(41)11-16-32(34)38/h2-19,27-28,35,40-41H,20H2,1H3,(H,39,42). The molecule has 5 aromatic carbocycles. The van der Waals surface area contributed by atoms with Gasteiger partial charge in [-0.05, 0) is 77.9 Å². The van der Waals surface area contributed by atoms with Crippen LogP contribution >= 0.6 is 0 Å². The number of fused-ring (bicyclic) bond motifs is 6. The third-order valence-corrected chi connectivity index (χ3v) is 9.29. The van der Waals surface area contributed by atoms with Gasteiger partial charge in [-0.3, -0.25) is 4.79 Å². The van der Waals surface area contributed by atoms with Crippen molar-refractivity contribution in [1.82, 2.24) is 5.32 Å². The van der Waals surface area contributed by atoms with Crippen molar-refractivity contribution in [2.24, 2.45) is 5.92 Å². The summed E-state index contributed by atoms with van der Waals surface area (Å²) in [4.78, 5) is 27.5. The van der Waals surface area contributed by atoms with Crippen molar-refractivity contribution in [3.63, 3.8) is 0 Å². The number of benzene rings is 5. The van der Waals surface area contributed by atoms with Crippen LogP contribution in [0.1, 0.15) is 66.9 Å². The first-order chi connectivity index (χ1) is 22.4. The van der Waals surface area contributed by atoms with E-state index in [1.165, 1.54) is 29.8 Å². The van der Waals surface area contributed by atoms with Gasteiger partial charge in [0, 0.05) is 34.4 Å². The van der Waals surface area contributed by atoms with Gasteiger partial charge in [-0.15, -0.1) is 0 Å². The molecule has 2 heterocycles. The molecule has 1 saturated carbocycles. The first-order valence-corrected chi connectivity index (χ1v) is 15.1. The second-order valence-corrected chi connectivity index (χ2v) is 11.9. The minimum atomic E-state index is -1.39. The Morgan fingerprint density at radius 2 is 1.50 bits per heavy atom. The van der Waals surface area contributed by atoms with Gasteiger partial charge in [0.05, 0.1) is 18.7 Å². The van der Waals surface area contributed by atoms with Crippen LogP contribution in [0.15, 0.2) is 109 Å². The summed E-state index contributed by atoms with van der Waals surface area (Å²) in [7, 11) is 1.62. The molecule has 8 heteroatoms. The number of carbonyl (C=O) groups excluding carboxylic acids is 2. The number of hydrogen-bond donors (Lipinski definition) is 3. The van der Waals surface area contributed by atoms with Gasteiger partial charge >= 0.3 is 5.97 Å². The summed E-state index contributed by atoms with van der Waals surface area (Å²) < 4.78 is 17.6. The van der Waals surface area contributed by atoms with Crippen molar-refractivity contribution in [2.75, 3.05) is 7.11 Å². The fourth-order valence-corrected chi connectivity index (χ4v) is 6.99. The Bertz CT molecular complexity index is 1970. The third kappa shape index (κ3) is 4.36. The molecule has 0 saturated heterocycles. The lowest BCUT2D eigenvalue weighted by Crippen LogP contribution is -2.33. The van der Waals surface area contributed by atoms with Crippen LogP contribution in [0.3, 0.4) is 0 Å². The number of nitrogens with one attached hydrogen (secondary N) is 1. The van der Waals surface area contributed by atoms with Crippen LogP contribution in [0.5, 0.6) is 28.7 Å². The SMILES string of the molecule is COc1ccc(C(NC(=O)c2ccc3c(c2)C(=O)OC32c3ccc(O)cc3Oc3cc(O)ccc32)C2CC2c2ccccc2)cc1. The van der Waals surface area contributed by atoms with Crippen molar-refractivity contribution < 1.29 is 34.0 Å². The van der Waals surface area contributed by atoms with Crippen LogP contribution in [0, 0.1) is 5.92 Å². The number of carbonyl (C=O) groups is 2. The molecule has 0 bridgehead atoms. The largest absolute Gasteiger partial charge is 0.508 e. The van der Waals surface area contributed by atoms with Crippen LogP contribution in [0.25, 0.3) is 0 Å². The average molecular weight is 612 g/mol. The molecule has 1 aliphatic carbocycles. The Labute approximate surface area is 264 Å². The van der Waals surface area contributed by atoms with Gasteiger partial charge in [-0.2, -0.15) is 0 Å². The fraction of sp³-hybridized carbons (Fsp3) is 0.158. The predicted molar refractivity (Wildman–Crippen MR) is 169 cm³/mol. The Morgan fingerprint density at radius 3 is 2.15 bits per heavy atom. The van der Waals surface area contributed by atoms with Crippen molar-refractivity contribution in [3.8, 4) is 28.7 Å². The zero-order valence-corrected chi connectivity index (χ0v) is 24.8. The first-order valence-electron chi connectivity index (χ1n) is 15.1. The van der Waals surface area contributed by atoms with Gasteiger partial charge < -0.3 is 29.7 Å². The molecule has 3 atom stereocenters. The van der Waals surface area contributed by atoms with Crippen LogP contribution < -0.4 is 14.8 Å². The van der Waals surface area contributed by atoms with Gasteiger partial charge in [0.2, 0.25) is 0 Å². The monoisotopic (exact) mass is 611 g/mol. The zero-order valence-electron chi connectivity index (χ0n) is 24.8. The summed E-state index contributed by atoms with van der Waals surface area (Å²) in [5, 5.41) is 23.6. The number of hydrogen-bond acceptors (Lipinski definition) is 7. The maximum absolute atomic E-state index is 13.9. The number of esters is 1. The number of phenols is 2. The summed E-state index contributed by atoms with van der Waals surface area (Å²) in [6.07, 6.45) is 0.937. The van der Waals surface area contributed by atoms with Gasteiger partial charge in [0.15, 0.2) is 5.60 Å². The van der Waals surface area contributed by atoms with Gasteiger partial charge in [-0.1, -0.05) is 48.5 Å². The van der Waals surface area contributed by atoms with Gasteiger partial charge in [-0.25, -0.2) is 4.79 Å². The molecule has 1 fully saturated rings. The number of amides is 1. The van der Waals surface area contributed by atoms with Crippen molar-refractivity contribution in [1.29, 1.82) is 0 Å². The van der Waals surface area contributed by atoms with E-state index in [4.69, 9.17) is 14.2 Å². The molecule has 1 spiro atoms. The van der Waals surface area contributed by atoms with E-state index in [0.29, 0.717) is 39.7 Å². The zero-order chi connectivity index (χ0) is 31.6. The topological polar surface area (TPSA) is 114 Å². The van der Waals surface area contributed by atoms with Crippen LogP contribution in [0.4, 0.5) is 0 Å². The smallest absolute Gasteiger partial charge is 0.340 e. The molecular weight excluding hydrogens is 582 g/mol. The lowest BCUT2D eigenvalue weighted by molar-refractivity contribution is 0.0224. The number of phenolic OH excluding ortho intramolecular Hbond substituents is 2. The van der Waals surface area contributed by atoms with E-state index in [2.05, 4.69) is 17.4 Å². The van der Waals surface area contributed by atoms with Crippen LogP contribution in [-0.2, 0) is 10.3 Å². The summed E-state index contributed by atoms with van der Waals surface area (Å²) in [6, 6.07) is 32.0. The number of ether oxygens (including phenoxy) is 3. The summed E-state index contributed by atoms with van der Waals surface area (Å²) in [6.45, 7) is 0. The Kier molecular flexibility index (Phi) is 6.28. The fourth-order valence-electron chi connectivity index (χ4n) is 6.99. The van der Waals surface area contributed by atoms with Crippen molar-refractivity contribution >= 4 is 11.9 Å². The first kappa shape index (κ1) is 27.8. The molecule has 46 heavy (non-hydrogen) atoms. The Hall–Kier alpha value is -5.76. The number of aromatic hydroxyl groups is 2. The second kappa shape index (κ2) is 10.4. The van der Waals surface area contributed by atoms with Crippen LogP contribution in [-0.4, -0.2) is 29.2 Å². The second-order valence-electron chi connectivity index (χ2n) is 11.9. The summed E-state index contributed by atoms with van der Waals surface area (Å²) in [5.74, 6) is 0.886. The molecule has 3 unspecified atom stereocenters. The summed E-state index contributed by atoms with van der Waals surface area (Å²) >= 11 is 0. The van der Waals surface area contributed by atoms with Crippen molar-refractivity contribution in [3.05, 3.63) is 148 Å². The molecule has 8 nitrogen and oxygen atoms in total. The van der Waals surface area contributed by atoms with E-state index in [-0.39, 0.29) is 34.9 Å². The quantitative estimate of drug-likeness (QED) is 0.178. The predicted octanol–water partition coefficient (Wildman–Crippen LogP) is 6.95. The molecule has 8 rings (SSSR count). The Morgan fingerprint density at radius 1 is 0.848 bits per heavy atom. The minimum Gasteiger partial charge on any atom is -0.508 e. The van der Waals surface area contributed by atoms with E-state index in [0.717, 1.165) is 17.7 Å². The maximum Gasteiger partial charge on any atom is 0.340 e. The maximum atomic E-state index is 13.9. The van der Waals surface area contributed by atoms with Gasteiger partial charge in [0.25, 0.3) is 5.91 Å². The lowest BCUT2D eigenvalue weighted by Gasteiger charge is -2.36. The van der Waals surface area contributed by atoms with Crippen LogP contribution in [0.2, 0.25) is 0 Å². The lowest BCUT2D eigenvalue weighted by atomic mass is 9.77. The molecule has 0 aromatic heterocycles. The number of rotatable bonds is 6. The average Bonchev–Trinajstić information content (AvgIpc) is 3.82. The van der Waals surface area contributed by atoms with E-state index in [1.54, 1.807) is 37.4 Å². The van der Waals surface area contributed by atoms with E-state index in [9.17, 15) is 19.8 Å². The molecule has 228 valence electrons. The summed E-state index contributed by atoms with van der Waals surface area (Å²) in [5.41, 5.74) is 2.97. The number of methoxy groups -OCH3 is 1. The molecule has 5 aromatic rings. The molecule has 3 N–H and O–H groups in total.